The first kappa shape index (κ1) is 11.2. The second kappa shape index (κ2) is 8.33. The molecule has 68 valence electrons. The molecule has 0 radical (unpaired) electrons. The summed E-state index contributed by atoms with van der Waals surface area (Å²) in [5.74, 6) is 1.80. The first-order valence-electron chi connectivity index (χ1n) is 3.70. The molecule has 0 aromatic carbocycles. The SMILES string of the molecule is CNC(COC)CSCCO. The van der Waals surface area contributed by atoms with Crippen LogP contribution in [0.15, 0.2) is 0 Å². The summed E-state index contributed by atoms with van der Waals surface area (Å²) in [5, 5.41) is 11.6. The molecule has 0 aliphatic rings. The summed E-state index contributed by atoms with van der Waals surface area (Å²) in [7, 11) is 3.62. The van der Waals surface area contributed by atoms with Crippen LogP contribution in [0.3, 0.4) is 0 Å². The van der Waals surface area contributed by atoms with Crippen LogP contribution >= 0.6 is 11.8 Å². The molecule has 11 heavy (non-hydrogen) atoms. The number of likely N-dealkylation sites (N-methyl/N-ethyl adjacent to an activating group) is 1. The van der Waals surface area contributed by atoms with Crippen LogP contribution in [0.5, 0.6) is 0 Å². The summed E-state index contributed by atoms with van der Waals surface area (Å²) in [6.07, 6.45) is 0. The lowest BCUT2D eigenvalue weighted by molar-refractivity contribution is 0.177. The lowest BCUT2D eigenvalue weighted by Crippen LogP contribution is -2.32. The molecule has 0 rings (SSSR count). The molecule has 3 nitrogen and oxygen atoms in total. The zero-order chi connectivity index (χ0) is 8.53. The number of nitrogens with one attached hydrogen (secondary N) is 1. The summed E-state index contributed by atoms with van der Waals surface area (Å²) >= 11 is 1.73. The lowest BCUT2D eigenvalue weighted by Gasteiger charge is -2.13. The Hall–Kier alpha value is 0.230. The Bertz CT molecular complexity index is 82.8. The maximum Gasteiger partial charge on any atom is 0.0623 e. The number of aliphatic hydroxyl groups excluding tert-OH is 1. The number of hydrogen-bond acceptors (Lipinski definition) is 4. The Kier molecular flexibility index (Phi) is 8.50. The minimum absolute atomic E-state index is 0.258. The van der Waals surface area contributed by atoms with E-state index in [9.17, 15) is 0 Å². The van der Waals surface area contributed by atoms with Gasteiger partial charge in [0.2, 0.25) is 0 Å². The minimum Gasteiger partial charge on any atom is -0.396 e. The van der Waals surface area contributed by atoms with Crippen molar-refractivity contribution in [3.8, 4) is 0 Å². The zero-order valence-electron chi connectivity index (χ0n) is 7.17. The Balaban J connectivity index is 3.20. The standard InChI is InChI=1S/C7H17NO2S/c1-8-7(5-10-2)6-11-4-3-9/h7-9H,3-6H2,1-2H3. The van der Waals surface area contributed by atoms with Crippen molar-refractivity contribution in [2.75, 3.05) is 38.9 Å². The van der Waals surface area contributed by atoms with E-state index >= 15 is 0 Å². The minimum atomic E-state index is 0.258. The topological polar surface area (TPSA) is 41.5 Å². The summed E-state index contributed by atoms with van der Waals surface area (Å²) in [4.78, 5) is 0. The van der Waals surface area contributed by atoms with Gasteiger partial charge in [0.1, 0.15) is 0 Å². The van der Waals surface area contributed by atoms with Gasteiger partial charge in [0.15, 0.2) is 0 Å². The van der Waals surface area contributed by atoms with Gasteiger partial charge in [-0.3, -0.25) is 0 Å². The van der Waals surface area contributed by atoms with Gasteiger partial charge in [-0.1, -0.05) is 0 Å². The van der Waals surface area contributed by atoms with Crippen LogP contribution < -0.4 is 5.32 Å². The molecule has 4 heteroatoms. The molecule has 0 spiro atoms. The first-order chi connectivity index (χ1) is 5.35. The molecular weight excluding hydrogens is 162 g/mol. The van der Waals surface area contributed by atoms with Crippen molar-refractivity contribution in [1.82, 2.24) is 5.32 Å². The van der Waals surface area contributed by atoms with Gasteiger partial charge >= 0.3 is 0 Å². The van der Waals surface area contributed by atoms with E-state index in [0.29, 0.717) is 6.04 Å². The fraction of sp³-hybridized carbons (Fsp3) is 1.00. The largest absolute Gasteiger partial charge is 0.396 e. The van der Waals surface area contributed by atoms with Crippen molar-refractivity contribution in [2.24, 2.45) is 0 Å². The summed E-state index contributed by atoms with van der Waals surface area (Å²) in [6.45, 7) is 0.989. The molecule has 1 unspecified atom stereocenters. The Labute approximate surface area is 72.5 Å². The van der Waals surface area contributed by atoms with Crippen LogP contribution in [-0.4, -0.2) is 50.0 Å². The number of hydrogen-bond donors (Lipinski definition) is 2. The van der Waals surface area contributed by atoms with E-state index in [0.717, 1.165) is 18.1 Å². The molecule has 0 saturated heterocycles. The van der Waals surface area contributed by atoms with Gasteiger partial charge in [0.25, 0.3) is 0 Å². The fourth-order valence-corrected chi connectivity index (χ4v) is 1.55. The Morgan fingerprint density at radius 3 is 2.82 bits per heavy atom. The van der Waals surface area contributed by atoms with E-state index in [4.69, 9.17) is 9.84 Å². The van der Waals surface area contributed by atoms with E-state index in [1.807, 2.05) is 7.05 Å². The monoisotopic (exact) mass is 179 g/mol. The Morgan fingerprint density at radius 2 is 2.36 bits per heavy atom. The fourth-order valence-electron chi connectivity index (χ4n) is 0.706. The van der Waals surface area contributed by atoms with E-state index in [2.05, 4.69) is 5.32 Å². The van der Waals surface area contributed by atoms with Crippen LogP contribution in [0.25, 0.3) is 0 Å². The van der Waals surface area contributed by atoms with Crippen LogP contribution in [-0.2, 0) is 4.74 Å². The molecule has 1 atom stereocenters. The third kappa shape index (κ3) is 6.62. The quantitative estimate of drug-likeness (QED) is 0.538. The number of rotatable bonds is 7. The smallest absolute Gasteiger partial charge is 0.0623 e. The average molecular weight is 179 g/mol. The second-order valence-corrected chi connectivity index (χ2v) is 3.39. The molecule has 0 aromatic heterocycles. The van der Waals surface area contributed by atoms with Gasteiger partial charge in [0, 0.05) is 24.7 Å². The van der Waals surface area contributed by atoms with Gasteiger partial charge < -0.3 is 15.2 Å². The third-order valence-corrected chi connectivity index (χ3v) is 2.44. The van der Waals surface area contributed by atoms with Crippen molar-refractivity contribution in [3.63, 3.8) is 0 Å². The third-order valence-electron chi connectivity index (χ3n) is 1.33. The summed E-state index contributed by atoms with van der Waals surface area (Å²) in [5.41, 5.74) is 0. The van der Waals surface area contributed by atoms with E-state index in [-0.39, 0.29) is 6.61 Å². The maximum atomic E-state index is 8.51. The van der Waals surface area contributed by atoms with Crippen LogP contribution in [0.2, 0.25) is 0 Å². The molecule has 0 aromatic rings. The van der Waals surface area contributed by atoms with Gasteiger partial charge in [-0.15, -0.1) is 0 Å². The van der Waals surface area contributed by atoms with Gasteiger partial charge in [-0.05, 0) is 7.05 Å². The second-order valence-electron chi connectivity index (χ2n) is 2.24. The lowest BCUT2D eigenvalue weighted by atomic mass is 10.4. The molecule has 0 amide bonds. The highest BCUT2D eigenvalue weighted by atomic mass is 32.2. The van der Waals surface area contributed by atoms with Crippen LogP contribution in [0.4, 0.5) is 0 Å². The van der Waals surface area contributed by atoms with Crippen molar-refractivity contribution in [2.45, 2.75) is 6.04 Å². The van der Waals surface area contributed by atoms with Crippen molar-refractivity contribution >= 4 is 11.8 Å². The first-order valence-corrected chi connectivity index (χ1v) is 4.85. The van der Waals surface area contributed by atoms with Crippen molar-refractivity contribution in [3.05, 3.63) is 0 Å². The molecule has 0 aliphatic heterocycles. The zero-order valence-corrected chi connectivity index (χ0v) is 7.99. The van der Waals surface area contributed by atoms with Gasteiger partial charge in [0.05, 0.1) is 13.2 Å². The molecule has 2 N–H and O–H groups in total. The normalized spacial score (nSPS) is 13.4. The number of aliphatic hydroxyl groups is 1. The van der Waals surface area contributed by atoms with E-state index in [1.165, 1.54) is 0 Å². The number of thioether (sulfide) groups is 1. The summed E-state index contributed by atoms with van der Waals surface area (Å²) < 4.78 is 4.99. The molecule has 0 heterocycles. The highest BCUT2D eigenvalue weighted by Gasteiger charge is 2.03. The number of methoxy groups -OCH3 is 1. The predicted octanol–water partition coefficient (Wildman–Crippen LogP) is -0.0537. The Morgan fingerprint density at radius 1 is 1.64 bits per heavy atom. The number of ether oxygens (including phenoxy) is 1. The van der Waals surface area contributed by atoms with E-state index in [1.54, 1.807) is 18.9 Å². The van der Waals surface area contributed by atoms with Crippen molar-refractivity contribution < 1.29 is 9.84 Å². The molecule has 0 fully saturated rings. The molecule has 0 bridgehead atoms. The maximum absolute atomic E-state index is 8.51. The van der Waals surface area contributed by atoms with Crippen LogP contribution in [0, 0.1) is 0 Å². The van der Waals surface area contributed by atoms with E-state index < -0.39 is 0 Å². The van der Waals surface area contributed by atoms with Gasteiger partial charge in [-0.2, -0.15) is 11.8 Å². The predicted molar refractivity (Wildman–Crippen MR) is 49.1 cm³/mol. The average Bonchev–Trinajstić information content (AvgIpc) is 2.03. The highest BCUT2D eigenvalue weighted by molar-refractivity contribution is 7.99. The molecule has 0 aliphatic carbocycles. The van der Waals surface area contributed by atoms with Gasteiger partial charge in [-0.25, -0.2) is 0 Å². The van der Waals surface area contributed by atoms with Crippen LogP contribution in [0.1, 0.15) is 0 Å². The van der Waals surface area contributed by atoms with Crippen molar-refractivity contribution in [1.29, 1.82) is 0 Å². The highest BCUT2D eigenvalue weighted by Crippen LogP contribution is 2.01. The molecular formula is C7H17NO2S. The summed E-state index contributed by atoms with van der Waals surface area (Å²) in [6, 6.07) is 0.400. The molecule has 0 saturated carbocycles.